The topological polar surface area (TPSA) is 63.1 Å². The number of benzene rings is 1. The number of halogens is 2. The van der Waals surface area contributed by atoms with Crippen LogP contribution in [0.4, 0.5) is 14.5 Å². The van der Waals surface area contributed by atoms with Crippen LogP contribution >= 0.6 is 0 Å². The van der Waals surface area contributed by atoms with Crippen LogP contribution in [0, 0.1) is 11.6 Å². The Bertz CT molecular complexity index is 1090. The minimum absolute atomic E-state index is 0.101. The quantitative estimate of drug-likeness (QED) is 0.685. The molecule has 1 N–H and O–H groups in total. The van der Waals surface area contributed by atoms with Crippen molar-refractivity contribution in [1.29, 1.82) is 0 Å². The van der Waals surface area contributed by atoms with Crippen molar-refractivity contribution in [2.24, 2.45) is 0 Å². The van der Waals surface area contributed by atoms with E-state index in [1.807, 2.05) is 4.68 Å². The van der Waals surface area contributed by atoms with Crippen LogP contribution in [-0.2, 0) is 0 Å². The summed E-state index contributed by atoms with van der Waals surface area (Å²) in [7, 11) is 0. The van der Waals surface area contributed by atoms with E-state index in [4.69, 9.17) is 0 Å². The molecule has 2 aromatic heterocycles. The summed E-state index contributed by atoms with van der Waals surface area (Å²) in [5, 5.41) is 8.71. The second-order valence-corrected chi connectivity index (χ2v) is 7.64. The molecule has 5 rings (SSSR count). The normalized spacial score (nSPS) is 17.5. The van der Waals surface area contributed by atoms with Crippen molar-refractivity contribution in [1.82, 2.24) is 20.1 Å². The van der Waals surface area contributed by atoms with Crippen LogP contribution in [0.15, 0.2) is 24.5 Å². The molecule has 2 aliphatic rings. The van der Waals surface area contributed by atoms with Gasteiger partial charge in [-0.05, 0) is 44.5 Å². The lowest BCUT2D eigenvalue weighted by Gasteiger charge is -2.35. The van der Waals surface area contributed by atoms with Crippen LogP contribution in [0.1, 0.15) is 35.7 Å². The third-order valence-electron chi connectivity index (χ3n) is 5.91. The summed E-state index contributed by atoms with van der Waals surface area (Å²) in [4.78, 5) is 17.4. The minimum Gasteiger partial charge on any atom is -0.368 e. The fraction of sp³-hybridized carbons (Fsp3) is 0.381. The summed E-state index contributed by atoms with van der Waals surface area (Å²) in [5.41, 5.74) is 1.18. The molecular weight excluding hydrogens is 376 g/mol. The first-order valence-electron chi connectivity index (χ1n) is 9.94. The predicted molar refractivity (Wildman–Crippen MR) is 106 cm³/mol. The number of hydrogen-bond acceptors (Lipinski definition) is 5. The number of nitrogens with one attached hydrogen (secondary N) is 1. The van der Waals surface area contributed by atoms with Crippen LogP contribution in [0.5, 0.6) is 0 Å². The maximum atomic E-state index is 15.0. The van der Waals surface area contributed by atoms with Crippen molar-refractivity contribution in [2.75, 3.05) is 31.1 Å². The summed E-state index contributed by atoms with van der Waals surface area (Å²) >= 11 is 0. The fourth-order valence-electron chi connectivity index (χ4n) is 4.22. The predicted octanol–water partition coefficient (Wildman–Crippen LogP) is 3.32. The number of carbonyl (C=O) groups is 1. The third kappa shape index (κ3) is 2.98. The van der Waals surface area contributed by atoms with Gasteiger partial charge in [0.15, 0.2) is 12.1 Å². The largest absolute Gasteiger partial charge is 0.368 e. The van der Waals surface area contributed by atoms with Gasteiger partial charge in [0.25, 0.3) is 0 Å². The summed E-state index contributed by atoms with van der Waals surface area (Å²) in [6, 6.07) is 3.01. The number of carbonyl (C=O) groups excluding carboxylic acids is 1. The van der Waals surface area contributed by atoms with Gasteiger partial charge in [0, 0.05) is 18.5 Å². The van der Waals surface area contributed by atoms with E-state index in [-0.39, 0.29) is 16.8 Å². The number of anilines is 1. The second kappa shape index (κ2) is 7.18. The van der Waals surface area contributed by atoms with Gasteiger partial charge in [-0.2, -0.15) is 5.10 Å². The summed E-state index contributed by atoms with van der Waals surface area (Å²) in [6.07, 6.45) is 6.67. The van der Waals surface area contributed by atoms with E-state index in [2.05, 4.69) is 15.4 Å². The summed E-state index contributed by atoms with van der Waals surface area (Å²) in [5.74, 6) is -1.34. The second-order valence-electron chi connectivity index (χ2n) is 7.64. The Hall–Kier alpha value is -2.87. The zero-order chi connectivity index (χ0) is 20.0. The lowest BCUT2D eigenvalue weighted by molar-refractivity contribution is 0.111. The van der Waals surface area contributed by atoms with Gasteiger partial charge in [-0.25, -0.2) is 8.78 Å². The molecule has 2 aliphatic heterocycles. The van der Waals surface area contributed by atoms with Crippen molar-refractivity contribution in [3.63, 3.8) is 0 Å². The molecule has 0 amide bonds. The Morgan fingerprint density at radius 3 is 2.62 bits per heavy atom. The van der Waals surface area contributed by atoms with Crippen molar-refractivity contribution in [3.8, 4) is 11.3 Å². The summed E-state index contributed by atoms with van der Waals surface area (Å²) < 4.78 is 31.9. The number of fused-ring (bicyclic) bond motifs is 1. The van der Waals surface area contributed by atoms with Gasteiger partial charge in [0.2, 0.25) is 0 Å². The van der Waals surface area contributed by atoms with Crippen LogP contribution in [-0.4, -0.2) is 47.2 Å². The molecule has 29 heavy (non-hydrogen) atoms. The Labute approximate surface area is 166 Å². The molecule has 0 bridgehead atoms. The SMILES string of the molecule is O=Cc1cc(F)c(-c2cc3cnn(C4CCNCC4)c3cn2)c(N2CCC2)c1F. The molecule has 0 unspecified atom stereocenters. The Morgan fingerprint density at radius 1 is 1.14 bits per heavy atom. The first-order valence-corrected chi connectivity index (χ1v) is 9.94. The zero-order valence-electron chi connectivity index (χ0n) is 15.9. The number of pyridine rings is 1. The highest BCUT2D eigenvalue weighted by atomic mass is 19.1. The van der Waals surface area contributed by atoms with E-state index < -0.39 is 11.6 Å². The van der Waals surface area contributed by atoms with Crippen molar-refractivity contribution >= 4 is 22.9 Å². The number of aromatic nitrogens is 3. The summed E-state index contributed by atoms with van der Waals surface area (Å²) in [6.45, 7) is 3.15. The van der Waals surface area contributed by atoms with E-state index in [9.17, 15) is 13.6 Å². The molecular formula is C21H21F2N5O. The highest BCUT2D eigenvalue weighted by Crippen LogP contribution is 2.39. The monoisotopic (exact) mass is 397 g/mol. The van der Waals surface area contributed by atoms with E-state index in [0.717, 1.165) is 49.3 Å². The molecule has 4 heterocycles. The average Bonchev–Trinajstić information content (AvgIpc) is 3.13. The number of rotatable bonds is 4. The molecule has 8 heteroatoms. The van der Waals surface area contributed by atoms with Gasteiger partial charge in [-0.15, -0.1) is 0 Å². The van der Waals surface area contributed by atoms with Gasteiger partial charge in [0.05, 0.1) is 46.5 Å². The molecule has 2 fully saturated rings. The Balaban J connectivity index is 1.62. The molecule has 3 aromatic rings. The number of piperidine rings is 1. The number of hydrogen-bond donors (Lipinski definition) is 1. The van der Waals surface area contributed by atoms with Gasteiger partial charge in [-0.1, -0.05) is 0 Å². The van der Waals surface area contributed by atoms with Gasteiger partial charge in [0.1, 0.15) is 5.82 Å². The third-order valence-corrected chi connectivity index (χ3v) is 5.91. The van der Waals surface area contributed by atoms with E-state index >= 15 is 0 Å². The highest BCUT2D eigenvalue weighted by molar-refractivity contribution is 5.89. The fourth-order valence-corrected chi connectivity index (χ4v) is 4.22. The Kier molecular flexibility index (Phi) is 4.50. The molecule has 0 aliphatic carbocycles. The smallest absolute Gasteiger partial charge is 0.157 e. The molecule has 2 saturated heterocycles. The molecule has 1 aromatic carbocycles. The number of nitrogens with zero attached hydrogens (tertiary/aromatic N) is 4. The standard InChI is InChI=1S/C21H21F2N5O/c22-16-8-14(12-29)20(23)21(27-6-1-7-27)19(16)17-9-13-10-26-28(18(13)11-25-17)15-2-4-24-5-3-15/h8-12,15,24H,1-7H2. The molecule has 0 spiro atoms. The maximum absolute atomic E-state index is 15.0. The average molecular weight is 397 g/mol. The van der Waals surface area contributed by atoms with Gasteiger partial charge < -0.3 is 10.2 Å². The molecule has 0 atom stereocenters. The molecule has 0 saturated carbocycles. The van der Waals surface area contributed by atoms with Crippen molar-refractivity contribution < 1.29 is 13.6 Å². The number of aldehydes is 1. The van der Waals surface area contributed by atoms with E-state index in [0.29, 0.717) is 31.1 Å². The zero-order valence-corrected chi connectivity index (χ0v) is 15.9. The van der Waals surface area contributed by atoms with E-state index in [1.165, 1.54) is 0 Å². The van der Waals surface area contributed by atoms with Gasteiger partial charge >= 0.3 is 0 Å². The first kappa shape index (κ1) is 18.2. The molecule has 6 nitrogen and oxygen atoms in total. The van der Waals surface area contributed by atoms with Crippen molar-refractivity contribution in [2.45, 2.75) is 25.3 Å². The minimum atomic E-state index is -0.691. The lowest BCUT2D eigenvalue weighted by Crippen LogP contribution is -2.38. The van der Waals surface area contributed by atoms with Gasteiger partial charge in [-0.3, -0.25) is 14.5 Å². The van der Waals surface area contributed by atoms with E-state index in [1.54, 1.807) is 23.4 Å². The van der Waals surface area contributed by atoms with Crippen molar-refractivity contribution in [3.05, 3.63) is 41.7 Å². The maximum Gasteiger partial charge on any atom is 0.157 e. The van der Waals surface area contributed by atoms with Crippen LogP contribution < -0.4 is 10.2 Å². The molecule has 0 radical (unpaired) electrons. The van der Waals surface area contributed by atoms with Crippen LogP contribution in [0.3, 0.4) is 0 Å². The van der Waals surface area contributed by atoms with Crippen LogP contribution in [0.25, 0.3) is 22.2 Å². The Morgan fingerprint density at radius 2 is 1.93 bits per heavy atom. The molecule has 150 valence electrons. The lowest BCUT2D eigenvalue weighted by atomic mass is 10.00. The first-order chi connectivity index (χ1) is 14.2. The van der Waals surface area contributed by atoms with Crippen LogP contribution in [0.2, 0.25) is 0 Å². The highest BCUT2D eigenvalue weighted by Gasteiger charge is 2.28.